The van der Waals surface area contributed by atoms with E-state index in [9.17, 15) is 14.7 Å². The molecule has 1 saturated heterocycles. The van der Waals surface area contributed by atoms with Gasteiger partial charge in [0.25, 0.3) is 0 Å². The number of ether oxygens (including phenoxy) is 1. The molecular weight excluding hydrogens is 374 g/mol. The van der Waals surface area contributed by atoms with E-state index in [-0.39, 0.29) is 6.61 Å². The number of benzene rings is 2. The Bertz CT molecular complexity index is 722. The van der Waals surface area contributed by atoms with Crippen LogP contribution < -0.4 is 0 Å². The van der Waals surface area contributed by atoms with E-state index in [0.717, 1.165) is 10.5 Å². The Labute approximate surface area is 148 Å². The summed E-state index contributed by atoms with van der Waals surface area (Å²) in [6.45, 7) is 0.107. The first-order valence-corrected chi connectivity index (χ1v) is 8.43. The van der Waals surface area contributed by atoms with Gasteiger partial charge in [-0.05, 0) is 11.1 Å². The summed E-state index contributed by atoms with van der Waals surface area (Å²) in [5.41, 5.74) is 1.40. The molecule has 3 atom stereocenters. The van der Waals surface area contributed by atoms with Crippen molar-refractivity contribution in [1.82, 2.24) is 4.90 Å². The lowest BCUT2D eigenvalue weighted by atomic mass is 10.0. The van der Waals surface area contributed by atoms with Gasteiger partial charge in [0.05, 0.1) is 0 Å². The van der Waals surface area contributed by atoms with Crippen LogP contribution in [0.3, 0.4) is 0 Å². The highest BCUT2D eigenvalue weighted by Gasteiger charge is 2.42. The van der Waals surface area contributed by atoms with Crippen LogP contribution in [-0.4, -0.2) is 33.4 Å². The molecule has 0 aliphatic carbocycles. The van der Waals surface area contributed by atoms with Crippen LogP contribution in [0.5, 0.6) is 0 Å². The monoisotopic (exact) mass is 389 g/mol. The van der Waals surface area contributed by atoms with E-state index in [1.54, 1.807) is 24.3 Å². The second kappa shape index (κ2) is 7.15. The number of aliphatic hydroxyl groups is 1. The molecule has 1 fully saturated rings. The predicted molar refractivity (Wildman–Crippen MR) is 91.5 cm³/mol. The van der Waals surface area contributed by atoms with Crippen LogP contribution in [0.4, 0.5) is 4.79 Å². The fraction of sp³-hybridized carbons (Fsp3) is 0.222. The lowest BCUT2D eigenvalue weighted by Gasteiger charge is -2.25. The molecule has 5 nitrogen and oxygen atoms in total. The van der Waals surface area contributed by atoms with Crippen LogP contribution >= 0.6 is 15.9 Å². The summed E-state index contributed by atoms with van der Waals surface area (Å²) in [7, 11) is 0. The Hall–Kier alpha value is -2.18. The van der Waals surface area contributed by atoms with Gasteiger partial charge < -0.3 is 9.84 Å². The fourth-order valence-electron chi connectivity index (χ4n) is 2.67. The lowest BCUT2D eigenvalue weighted by molar-refractivity contribution is -0.130. The third-order valence-electron chi connectivity index (χ3n) is 3.95. The highest BCUT2D eigenvalue weighted by Crippen LogP contribution is 2.32. The molecule has 1 aliphatic rings. The number of hydrogen-bond acceptors (Lipinski definition) is 4. The first-order valence-electron chi connectivity index (χ1n) is 7.51. The lowest BCUT2D eigenvalue weighted by Crippen LogP contribution is -2.41. The van der Waals surface area contributed by atoms with Gasteiger partial charge >= 0.3 is 6.09 Å². The molecule has 0 bridgehead atoms. The first-order chi connectivity index (χ1) is 11.6. The summed E-state index contributed by atoms with van der Waals surface area (Å²) < 4.78 is 5.05. The molecule has 0 aromatic heterocycles. The highest BCUT2D eigenvalue weighted by atomic mass is 79.9. The van der Waals surface area contributed by atoms with Gasteiger partial charge in [-0.25, -0.2) is 9.69 Å². The van der Waals surface area contributed by atoms with Gasteiger partial charge in [0.1, 0.15) is 23.6 Å². The van der Waals surface area contributed by atoms with Gasteiger partial charge in [0, 0.05) is 0 Å². The first kappa shape index (κ1) is 16.7. The quantitative estimate of drug-likeness (QED) is 0.815. The number of carbonyl (C=O) groups is 2. The maximum absolute atomic E-state index is 12.8. The molecule has 3 rings (SSSR count). The zero-order valence-corrected chi connectivity index (χ0v) is 14.3. The summed E-state index contributed by atoms with van der Waals surface area (Å²) in [5.74, 6) is -0.525. The third-order valence-corrected chi connectivity index (χ3v) is 4.84. The van der Waals surface area contributed by atoms with E-state index in [0.29, 0.717) is 5.56 Å². The summed E-state index contributed by atoms with van der Waals surface area (Å²) >= 11 is 3.23. The topological polar surface area (TPSA) is 66.8 Å². The van der Waals surface area contributed by atoms with Gasteiger partial charge in [0.15, 0.2) is 0 Å². The van der Waals surface area contributed by atoms with Crippen LogP contribution in [-0.2, 0) is 9.53 Å². The van der Waals surface area contributed by atoms with E-state index in [4.69, 9.17) is 4.74 Å². The van der Waals surface area contributed by atoms with Gasteiger partial charge in [-0.3, -0.25) is 4.79 Å². The van der Waals surface area contributed by atoms with Crippen molar-refractivity contribution in [2.45, 2.75) is 17.0 Å². The highest BCUT2D eigenvalue weighted by molar-refractivity contribution is 9.10. The summed E-state index contributed by atoms with van der Waals surface area (Å²) in [6.07, 6.45) is -1.76. The molecule has 124 valence electrons. The average Bonchev–Trinajstić information content (AvgIpc) is 3.03. The predicted octanol–water partition coefficient (Wildman–Crippen LogP) is 3.20. The smallest absolute Gasteiger partial charge is 0.417 e. The second-order valence-electron chi connectivity index (χ2n) is 5.47. The third kappa shape index (κ3) is 3.20. The van der Waals surface area contributed by atoms with E-state index < -0.39 is 29.0 Å². The molecule has 0 spiro atoms. The summed E-state index contributed by atoms with van der Waals surface area (Å²) in [6, 6.07) is 17.6. The van der Waals surface area contributed by atoms with E-state index in [1.165, 1.54) is 0 Å². The summed E-state index contributed by atoms with van der Waals surface area (Å²) in [5, 5.41) is 10.4. The number of hydrogen-bond donors (Lipinski definition) is 1. The molecule has 0 saturated carbocycles. The van der Waals surface area contributed by atoms with E-state index in [2.05, 4.69) is 15.9 Å². The second-order valence-corrected chi connectivity index (χ2v) is 6.46. The van der Waals surface area contributed by atoms with Crippen LogP contribution in [0.2, 0.25) is 0 Å². The maximum Gasteiger partial charge on any atom is 0.417 e. The van der Waals surface area contributed by atoms with E-state index in [1.807, 2.05) is 36.4 Å². The van der Waals surface area contributed by atoms with Crippen molar-refractivity contribution < 1.29 is 19.4 Å². The molecular formula is C18H16BrNO4. The minimum atomic E-state index is -1.07. The van der Waals surface area contributed by atoms with Crippen molar-refractivity contribution in [2.75, 3.05) is 6.61 Å². The Kier molecular flexibility index (Phi) is 4.97. The van der Waals surface area contributed by atoms with Crippen LogP contribution in [0.1, 0.15) is 23.3 Å². The molecule has 2 amide bonds. The van der Waals surface area contributed by atoms with Crippen molar-refractivity contribution >= 4 is 27.9 Å². The number of aliphatic hydroxyl groups excluding tert-OH is 1. The number of carbonyl (C=O) groups excluding carboxylic acids is 2. The maximum atomic E-state index is 12.8. The Morgan fingerprint density at radius 1 is 1.12 bits per heavy atom. The number of alkyl halides is 1. The van der Waals surface area contributed by atoms with Crippen molar-refractivity contribution in [2.24, 2.45) is 0 Å². The largest absolute Gasteiger partial charge is 0.446 e. The van der Waals surface area contributed by atoms with Crippen LogP contribution in [0.15, 0.2) is 60.7 Å². The van der Waals surface area contributed by atoms with Crippen molar-refractivity contribution in [3.8, 4) is 0 Å². The zero-order chi connectivity index (χ0) is 17.1. The van der Waals surface area contributed by atoms with Gasteiger partial charge in [-0.15, -0.1) is 0 Å². The minimum Gasteiger partial charge on any atom is -0.446 e. The standard InChI is InChI=1S/C18H16BrNO4/c19-15(16(21)13-9-5-2-6-10-13)17(22)20-14(11-24-18(20)23)12-7-3-1-4-8-12/h1-10,14-16,21H,11H2/t14-,15-,16+/m1/s1. The molecule has 2 aromatic carbocycles. The molecule has 1 N–H and O–H groups in total. The average molecular weight is 390 g/mol. The Morgan fingerprint density at radius 3 is 2.33 bits per heavy atom. The number of rotatable bonds is 4. The number of halogens is 1. The molecule has 2 aromatic rings. The molecule has 0 unspecified atom stereocenters. The van der Waals surface area contributed by atoms with Crippen LogP contribution in [0.25, 0.3) is 0 Å². The number of imide groups is 1. The zero-order valence-electron chi connectivity index (χ0n) is 12.7. The van der Waals surface area contributed by atoms with E-state index >= 15 is 0 Å². The molecule has 6 heteroatoms. The van der Waals surface area contributed by atoms with Crippen molar-refractivity contribution in [1.29, 1.82) is 0 Å². The number of cyclic esters (lactones) is 1. The molecule has 1 heterocycles. The van der Waals surface area contributed by atoms with Gasteiger partial charge in [-0.2, -0.15) is 0 Å². The fourth-order valence-corrected chi connectivity index (χ4v) is 3.20. The Balaban J connectivity index is 1.83. The van der Waals surface area contributed by atoms with Crippen molar-refractivity contribution in [3.05, 3.63) is 71.8 Å². The van der Waals surface area contributed by atoms with Gasteiger partial charge in [-0.1, -0.05) is 76.6 Å². The minimum absolute atomic E-state index is 0.107. The van der Waals surface area contributed by atoms with Crippen LogP contribution in [0, 0.1) is 0 Å². The normalized spacial score (nSPS) is 19.7. The number of amides is 2. The van der Waals surface area contributed by atoms with Gasteiger partial charge in [0.2, 0.25) is 5.91 Å². The molecule has 0 radical (unpaired) electrons. The van der Waals surface area contributed by atoms with Crippen molar-refractivity contribution in [3.63, 3.8) is 0 Å². The Morgan fingerprint density at radius 2 is 1.71 bits per heavy atom. The summed E-state index contributed by atoms with van der Waals surface area (Å²) in [4.78, 5) is 24.9. The SMILES string of the molecule is O=C1OC[C@H](c2ccccc2)N1C(=O)[C@H](Br)[C@@H](O)c1ccccc1. The molecule has 24 heavy (non-hydrogen) atoms. The number of nitrogens with zero attached hydrogens (tertiary/aromatic N) is 1. The molecule has 1 aliphatic heterocycles.